The molecule has 4 heteroatoms. The molecule has 1 aliphatic carbocycles. The summed E-state index contributed by atoms with van der Waals surface area (Å²) in [7, 11) is 0. The number of nitrogens with one attached hydrogen (secondary N) is 2. The summed E-state index contributed by atoms with van der Waals surface area (Å²) in [6, 6.07) is 8.40. The Kier molecular flexibility index (Phi) is 6.61. The monoisotopic (exact) mass is 310 g/mol. The fourth-order valence-corrected chi connectivity index (χ4v) is 2.99. The molecule has 0 saturated heterocycles. The van der Waals surface area contributed by atoms with E-state index in [1.54, 1.807) is 0 Å². The molecule has 1 aromatic carbocycles. The molecule has 0 radical (unpaired) electrons. The van der Waals surface area contributed by atoms with Crippen molar-refractivity contribution < 1.29 is 0 Å². The summed E-state index contributed by atoms with van der Waals surface area (Å²) in [6.07, 6.45) is 9.23. The first-order valence-electron chi connectivity index (χ1n) is 7.53. The van der Waals surface area contributed by atoms with Gasteiger partial charge in [0.2, 0.25) is 0 Å². The minimum Gasteiger partial charge on any atom is -0.360 e. The lowest BCUT2D eigenvalue weighted by molar-refractivity contribution is 0.427. The highest BCUT2D eigenvalue weighted by Gasteiger charge is 2.11. The van der Waals surface area contributed by atoms with E-state index in [0.29, 0.717) is 6.04 Å². The number of hydrogen-bond donors (Lipinski definition) is 2. The van der Waals surface area contributed by atoms with Crippen LogP contribution in [0.5, 0.6) is 0 Å². The molecule has 0 heterocycles. The van der Waals surface area contributed by atoms with Gasteiger partial charge < -0.3 is 10.6 Å². The van der Waals surface area contributed by atoms with Crippen LogP contribution in [0.3, 0.4) is 0 Å². The number of thiocarbonyl (C=S) groups is 1. The van der Waals surface area contributed by atoms with E-state index in [0.717, 1.165) is 16.7 Å². The van der Waals surface area contributed by atoms with Crippen molar-refractivity contribution in [1.29, 1.82) is 0 Å². The van der Waals surface area contributed by atoms with Crippen LogP contribution in [0.25, 0.3) is 0 Å². The topological polar surface area (TPSA) is 24.1 Å². The third kappa shape index (κ3) is 5.68. The van der Waals surface area contributed by atoms with E-state index < -0.39 is 0 Å². The van der Waals surface area contributed by atoms with Crippen LogP contribution in [0, 0.1) is 0 Å². The third-order valence-electron chi connectivity index (χ3n) is 3.81. The van der Waals surface area contributed by atoms with Gasteiger partial charge >= 0.3 is 0 Å². The molecule has 1 fully saturated rings. The second-order valence-electron chi connectivity index (χ2n) is 5.50. The predicted molar refractivity (Wildman–Crippen MR) is 90.1 cm³/mol. The van der Waals surface area contributed by atoms with E-state index in [1.165, 1.54) is 50.5 Å². The highest BCUT2D eigenvalue weighted by atomic mass is 35.5. The third-order valence-corrected chi connectivity index (χ3v) is 4.32. The maximum Gasteiger partial charge on any atom is 0.166 e. The zero-order chi connectivity index (χ0) is 14.2. The van der Waals surface area contributed by atoms with Crippen molar-refractivity contribution in [3.05, 3.63) is 34.9 Å². The summed E-state index contributed by atoms with van der Waals surface area (Å²) in [5, 5.41) is 8.28. The van der Waals surface area contributed by atoms with Gasteiger partial charge in [-0.3, -0.25) is 0 Å². The Labute approximate surface area is 132 Å². The number of rotatable bonds is 3. The number of halogens is 1. The summed E-state index contributed by atoms with van der Waals surface area (Å²) < 4.78 is 0. The fourth-order valence-electron chi connectivity index (χ4n) is 2.62. The minimum absolute atomic E-state index is 0.542. The van der Waals surface area contributed by atoms with E-state index >= 15 is 0 Å². The number of hydrogen-bond acceptors (Lipinski definition) is 1. The normalized spacial score (nSPS) is 17.1. The van der Waals surface area contributed by atoms with Gasteiger partial charge in [0, 0.05) is 17.6 Å². The lowest BCUT2D eigenvalue weighted by Crippen LogP contribution is -2.41. The Bertz CT molecular complexity index is 411. The van der Waals surface area contributed by atoms with Gasteiger partial charge in [0.05, 0.1) is 0 Å². The maximum absolute atomic E-state index is 5.87. The molecule has 0 aromatic heterocycles. The predicted octanol–water partition coefficient (Wildman–Crippen LogP) is 4.42. The van der Waals surface area contributed by atoms with E-state index in [1.807, 2.05) is 24.3 Å². The summed E-state index contributed by atoms with van der Waals surface area (Å²) in [6.45, 7) is 0.746. The van der Waals surface area contributed by atoms with Gasteiger partial charge in [-0.05, 0) is 42.8 Å². The van der Waals surface area contributed by atoms with Crippen LogP contribution in [0.4, 0.5) is 0 Å². The fraction of sp³-hybridized carbons (Fsp3) is 0.562. The molecule has 20 heavy (non-hydrogen) atoms. The zero-order valence-electron chi connectivity index (χ0n) is 11.8. The van der Waals surface area contributed by atoms with Crippen molar-refractivity contribution in [1.82, 2.24) is 10.6 Å². The molecule has 0 bridgehead atoms. The van der Waals surface area contributed by atoms with Gasteiger partial charge in [0.15, 0.2) is 5.11 Å². The van der Waals surface area contributed by atoms with Gasteiger partial charge in [0.25, 0.3) is 0 Å². The van der Waals surface area contributed by atoms with Crippen LogP contribution in [-0.4, -0.2) is 11.2 Å². The Morgan fingerprint density at radius 1 is 1.05 bits per heavy atom. The van der Waals surface area contributed by atoms with Gasteiger partial charge in [0.1, 0.15) is 0 Å². The standard InChI is InChI=1S/C16H23ClN2S/c17-14-10-8-13(9-11-14)12-18-16(20)19-15-6-4-2-1-3-5-7-15/h8-11,15H,1-7,12H2,(H2,18,19,20). The number of benzene rings is 1. The van der Waals surface area contributed by atoms with E-state index in [9.17, 15) is 0 Å². The van der Waals surface area contributed by atoms with Crippen molar-refractivity contribution in [3.8, 4) is 0 Å². The maximum atomic E-state index is 5.87. The molecule has 1 saturated carbocycles. The molecule has 2 N–H and O–H groups in total. The smallest absolute Gasteiger partial charge is 0.166 e. The molecule has 0 unspecified atom stereocenters. The molecule has 1 aromatic rings. The van der Waals surface area contributed by atoms with Crippen molar-refractivity contribution in [2.45, 2.75) is 57.5 Å². The first kappa shape index (κ1) is 15.6. The van der Waals surface area contributed by atoms with E-state index in [4.69, 9.17) is 23.8 Å². The first-order chi connectivity index (χ1) is 9.74. The van der Waals surface area contributed by atoms with Crippen LogP contribution in [0.15, 0.2) is 24.3 Å². The van der Waals surface area contributed by atoms with Crippen LogP contribution in [0.2, 0.25) is 5.02 Å². The largest absolute Gasteiger partial charge is 0.360 e. The Hall–Kier alpha value is -0.800. The minimum atomic E-state index is 0.542. The highest BCUT2D eigenvalue weighted by Crippen LogP contribution is 2.17. The Morgan fingerprint density at radius 2 is 1.65 bits per heavy atom. The van der Waals surface area contributed by atoms with Crippen LogP contribution < -0.4 is 10.6 Å². The average molecular weight is 311 g/mol. The van der Waals surface area contributed by atoms with E-state index in [2.05, 4.69) is 10.6 Å². The molecular formula is C16H23ClN2S. The summed E-state index contributed by atoms with van der Waals surface area (Å²) >= 11 is 11.3. The zero-order valence-corrected chi connectivity index (χ0v) is 13.4. The van der Waals surface area contributed by atoms with Crippen LogP contribution in [0.1, 0.15) is 50.5 Å². The van der Waals surface area contributed by atoms with Gasteiger partial charge in [-0.2, -0.15) is 0 Å². The molecule has 2 rings (SSSR count). The van der Waals surface area contributed by atoms with Gasteiger partial charge in [-0.25, -0.2) is 0 Å². The second-order valence-corrected chi connectivity index (χ2v) is 6.34. The van der Waals surface area contributed by atoms with Crippen LogP contribution in [-0.2, 0) is 6.54 Å². The lowest BCUT2D eigenvalue weighted by atomic mass is 9.97. The molecule has 0 amide bonds. The van der Waals surface area contributed by atoms with Crippen molar-refractivity contribution in [2.24, 2.45) is 0 Å². The molecule has 0 aliphatic heterocycles. The molecule has 2 nitrogen and oxygen atoms in total. The Balaban J connectivity index is 1.72. The SMILES string of the molecule is S=C(NCc1ccc(Cl)cc1)NC1CCCCCCC1. The van der Waals surface area contributed by atoms with Gasteiger partial charge in [-0.1, -0.05) is 55.8 Å². The molecule has 1 aliphatic rings. The van der Waals surface area contributed by atoms with Crippen LogP contribution >= 0.6 is 23.8 Å². The Morgan fingerprint density at radius 3 is 2.30 bits per heavy atom. The van der Waals surface area contributed by atoms with Crippen molar-refractivity contribution in [2.75, 3.05) is 0 Å². The second kappa shape index (κ2) is 8.48. The highest BCUT2D eigenvalue weighted by molar-refractivity contribution is 7.80. The summed E-state index contributed by atoms with van der Waals surface area (Å²) in [5.74, 6) is 0. The lowest BCUT2D eigenvalue weighted by Gasteiger charge is -2.22. The first-order valence-corrected chi connectivity index (χ1v) is 8.31. The van der Waals surface area contributed by atoms with Crippen molar-refractivity contribution in [3.63, 3.8) is 0 Å². The average Bonchev–Trinajstić information content (AvgIpc) is 2.41. The van der Waals surface area contributed by atoms with Crippen molar-refractivity contribution >= 4 is 28.9 Å². The molecular weight excluding hydrogens is 288 g/mol. The quantitative estimate of drug-likeness (QED) is 0.808. The molecule has 0 spiro atoms. The summed E-state index contributed by atoms with van der Waals surface area (Å²) in [4.78, 5) is 0. The summed E-state index contributed by atoms with van der Waals surface area (Å²) in [5.41, 5.74) is 1.19. The molecule has 110 valence electrons. The van der Waals surface area contributed by atoms with E-state index in [-0.39, 0.29) is 0 Å². The molecule has 0 atom stereocenters. The van der Waals surface area contributed by atoms with Gasteiger partial charge in [-0.15, -0.1) is 0 Å².